The highest BCUT2D eigenvalue weighted by Crippen LogP contribution is 2.35. The number of rotatable bonds is 3. The predicted molar refractivity (Wildman–Crippen MR) is 60.8 cm³/mol. The Morgan fingerprint density at radius 1 is 1.22 bits per heavy atom. The van der Waals surface area contributed by atoms with Gasteiger partial charge in [-0.2, -0.15) is 13.2 Å². The van der Waals surface area contributed by atoms with Crippen molar-refractivity contribution in [2.24, 2.45) is 0 Å². The van der Waals surface area contributed by atoms with Gasteiger partial charge in [0.25, 0.3) is 0 Å². The number of benzene rings is 1. The molecule has 96 valence electrons. The third-order valence-corrected chi connectivity index (χ3v) is 3.17. The smallest absolute Gasteiger partial charge is 0.357 e. The van der Waals surface area contributed by atoms with Crippen LogP contribution in [0.2, 0.25) is 0 Å². The number of alkyl halides is 3. The molecule has 0 radical (unpaired) electrons. The standard InChI is InChI=1S/C11H8F4N2S/c12-8-4-2-1-3-7(8)5-16-10-17-6-9(18-10)11(13,14)15/h1-4,6H,5H2,(H,16,17). The van der Waals surface area contributed by atoms with Crippen molar-refractivity contribution in [3.63, 3.8) is 0 Å². The van der Waals surface area contributed by atoms with Crippen LogP contribution in [0.4, 0.5) is 22.7 Å². The van der Waals surface area contributed by atoms with Gasteiger partial charge in [0.15, 0.2) is 5.13 Å². The van der Waals surface area contributed by atoms with E-state index in [1.807, 2.05) is 0 Å². The van der Waals surface area contributed by atoms with Crippen LogP contribution >= 0.6 is 11.3 Å². The summed E-state index contributed by atoms with van der Waals surface area (Å²) in [5.74, 6) is -0.405. The van der Waals surface area contributed by atoms with Crippen LogP contribution in [-0.4, -0.2) is 4.98 Å². The molecule has 18 heavy (non-hydrogen) atoms. The summed E-state index contributed by atoms with van der Waals surface area (Å²) < 4.78 is 50.2. The van der Waals surface area contributed by atoms with Crippen LogP contribution in [0.5, 0.6) is 0 Å². The first-order valence-electron chi connectivity index (χ1n) is 4.97. The fourth-order valence-corrected chi connectivity index (χ4v) is 1.98. The molecule has 0 amide bonds. The molecule has 1 aromatic carbocycles. The maximum atomic E-state index is 13.2. The molecule has 0 unspecified atom stereocenters. The highest BCUT2D eigenvalue weighted by atomic mass is 32.1. The summed E-state index contributed by atoms with van der Waals surface area (Å²) >= 11 is 0.495. The van der Waals surface area contributed by atoms with Gasteiger partial charge in [0.2, 0.25) is 0 Å². The fourth-order valence-electron chi connectivity index (χ4n) is 1.30. The van der Waals surface area contributed by atoms with Crippen LogP contribution in [0, 0.1) is 5.82 Å². The molecule has 0 saturated carbocycles. The number of nitrogens with zero attached hydrogens (tertiary/aromatic N) is 1. The molecular formula is C11H8F4N2S. The van der Waals surface area contributed by atoms with Crippen molar-refractivity contribution in [2.75, 3.05) is 5.32 Å². The highest BCUT2D eigenvalue weighted by molar-refractivity contribution is 7.15. The zero-order valence-corrected chi connectivity index (χ0v) is 9.78. The van der Waals surface area contributed by atoms with Crippen LogP contribution in [0.1, 0.15) is 10.4 Å². The summed E-state index contributed by atoms with van der Waals surface area (Å²) in [5, 5.41) is 2.78. The summed E-state index contributed by atoms with van der Waals surface area (Å²) in [6.07, 6.45) is -3.63. The van der Waals surface area contributed by atoms with E-state index in [0.29, 0.717) is 16.9 Å². The first-order valence-corrected chi connectivity index (χ1v) is 5.79. The first kappa shape index (κ1) is 12.8. The number of hydrogen-bond acceptors (Lipinski definition) is 3. The second-order valence-corrected chi connectivity index (χ2v) is 4.50. The number of thiazole rings is 1. The molecule has 0 saturated heterocycles. The lowest BCUT2D eigenvalue weighted by Crippen LogP contribution is -2.01. The van der Waals surface area contributed by atoms with E-state index in [0.717, 1.165) is 6.20 Å². The SMILES string of the molecule is Fc1ccccc1CNc1ncc(C(F)(F)F)s1. The van der Waals surface area contributed by atoms with Crippen molar-refractivity contribution < 1.29 is 17.6 Å². The van der Waals surface area contributed by atoms with Gasteiger partial charge in [0, 0.05) is 12.1 Å². The minimum Gasteiger partial charge on any atom is -0.357 e. The molecule has 2 aromatic rings. The van der Waals surface area contributed by atoms with E-state index in [4.69, 9.17) is 0 Å². The Morgan fingerprint density at radius 3 is 2.56 bits per heavy atom. The van der Waals surface area contributed by atoms with Crippen LogP contribution in [0.25, 0.3) is 0 Å². The molecule has 0 fully saturated rings. The molecule has 2 nitrogen and oxygen atoms in total. The number of nitrogens with one attached hydrogen (secondary N) is 1. The third kappa shape index (κ3) is 2.98. The van der Waals surface area contributed by atoms with Crippen molar-refractivity contribution in [2.45, 2.75) is 12.7 Å². The number of hydrogen-bond donors (Lipinski definition) is 1. The summed E-state index contributed by atoms with van der Waals surface area (Å²) in [4.78, 5) is 2.81. The number of aromatic nitrogens is 1. The van der Waals surface area contributed by atoms with Gasteiger partial charge < -0.3 is 5.32 Å². The minimum atomic E-state index is -4.39. The molecule has 1 N–H and O–H groups in total. The fraction of sp³-hybridized carbons (Fsp3) is 0.182. The number of anilines is 1. The van der Waals surface area contributed by atoms with Crippen LogP contribution in [0.15, 0.2) is 30.5 Å². The Balaban J connectivity index is 2.03. The largest absolute Gasteiger partial charge is 0.427 e. The molecule has 0 aliphatic carbocycles. The normalized spacial score (nSPS) is 11.6. The minimum absolute atomic E-state index is 0.0947. The quantitative estimate of drug-likeness (QED) is 0.860. The van der Waals surface area contributed by atoms with Gasteiger partial charge in [0.05, 0.1) is 6.20 Å². The second-order valence-electron chi connectivity index (χ2n) is 3.47. The van der Waals surface area contributed by atoms with E-state index in [-0.39, 0.29) is 11.7 Å². The van der Waals surface area contributed by atoms with E-state index in [2.05, 4.69) is 10.3 Å². The lowest BCUT2D eigenvalue weighted by molar-refractivity contribution is -0.134. The van der Waals surface area contributed by atoms with Crippen molar-refractivity contribution in [1.82, 2.24) is 4.98 Å². The van der Waals surface area contributed by atoms with Crippen LogP contribution in [0.3, 0.4) is 0 Å². The Hall–Kier alpha value is -1.63. The molecule has 2 rings (SSSR count). The molecule has 0 atom stereocenters. The van der Waals surface area contributed by atoms with Gasteiger partial charge in [-0.25, -0.2) is 9.37 Å². The highest BCUT2D eigenvalue weighted by Gasteiger charge is 2.33. The summed E-state index contributed by atoms with van der Waals surface area (Å²) in [5.41, 5.74) is 0.376. The molecule has 0 aliphatic rings. The van der Waals surface area contributed by atoms with Crippen LogP contribution < -0.4 is 5.32 Å². The van der Waals surface area contributed by atoms with Gasteiger partial charge >= 0.3 is 6.18 Å². The molecule has 0 aliphatic heterocycles. The monoisotopic (exact) mass is 276 g/mol. The molecule has 1 aromatic heterocycles. The van der Waals surface area contributed by atoms with Crippen LogP contribution in [-0.2, 0) is 12.7 Å². The number of halogens is 4. The molecule has 0 spiro atoms. The lowest BCUT2D eigenvalue weighted by atomic mass is 10.2. The van der Waals surface area contributed by atoms with Crippen molar-refractivity contribution in [3.8, 4) is 0 Å². The maximum absolute atomic E-state index is 13.2. The lowest BCUT2D eigenvalue weighted by Gasteiger charge is -2.04. The van der Waals surface area contributed by atoms with Gasteiger partial charge in [-0.05, 0) is 6.07 Å². The molecule has 7 heteroatoms. The molecular weight excluding hydrogens is 268 g/mol. The van der Waals surface area contributed by atoms with Crippen molar-refractivity contribution in [1.29, 1.82) is 0 Å². The Morgan fingerprint density at radius 2 is 1.94 bits per heavy atom. The Labute approximate surface area is 104 Å². The van der Waals surface area contributed by atoms with Gasteiger partial charge in [-0.3, -0.25) is 0 Å². The van der Waals surface area contributed by atoms with Gasteiger partial charge in [-0.1, -0.05) is 29.5 Å². The molecule has 0 bridgehead atoms. The zero-order chi connectivity index (χ0) is 13.2. The van der Waals surface area contributed by atoms with E-state index >= 15 is 0 Å². The summed E-state index contributed by atoms with van der Waals surface area (Å²) in [6, 6.07) is 6.05. The van der Waals surface area contributed by atoms with Gasteiger partial charge in [-0.15, -0.1) is 0 Å². The summed E-state index contributed by atoms with van der Waals surface area (Å²) in [7, 11) is 0. The first-order chi connectivity index (χ1) is 8.47. The van der Waals surface area contributed by atoms with Crippen molar-refractivity contribution in [3.05, 3.63) is 46.7 Å². The topological polar surface area (TPSA) is 24.9 Å². The molecule has 1 heterocycles. The average Bonchev–Trinajstić information content (AvgIpc) is 2.76. The van der Waals surface area contributed by atoms with Gasteiger partial charge in [0.1, 0.15) is 10.7 Å². The van der Waals surface area contributed by atoms with E-state index in [1.54, 1.807) is 18.2 Å². The second kappa shape index (κ2) is 4.93. The average molecular weight is 276 g/mol. The zero-order valence-electron chi connectivity index (χ0n) is 8.96. The van der Waals surface area contributed by atoms with E-state index < -0.39 is 16.9 Å². The van der Waals surface area contributed by atoms with E-state index in [9.17, 15) is 17.6 Å². The summed E-state index contributed by atoms with van der Waals surface area (Å²) in [6.45, 7) is 0.0947. The Bertz CT molecular complexity index is 536. The Kier molecular flexibility index (Phi) is 3.51. The third-order valence-electron chi connectivity index (χ3n) is 2.17. The van der Waals surface area contributed by atoms with Crippen molar-refractivity contribution >= 4 is 16.5 Å². The predicted octanol–water partition coefficient (Wildman–Crippen LogP) is 3.91. The maximum Gasteiger partial charge on any atom is 0.427 e. The van der Waals surface area contributed by atoms with E-state index in [1.165, 1.54) is 6.07 Å².